The van der Waals surface area contributed by atoms with Crippen molar-refractivity contribution in [3.05, 3.63) is 54.6 Å². The molecule has 0 heterocycles. The van der Waals surface area contributed by atoms with Gasteiger partial charge in [0.25, 0.3) is 0 Å². The molecule has 1 N–H and O–H groups in total. The molecular weight excluding hydrogens is 172 g/mol. The molecule has 0 radical (unpaired) electrons. The number of aliphatic hydroxyl groups is 1. The maximum absolute atomic E-state index is 9.05. The predicted molar refractivity (Wildman–Crippen MR) is 60.1 cm³/mol. The van der Waals surface area contributed by atoms with Crippen LogP contribution in [-0.4, -0.2) is 11.7 Å². The zero-order valence-corrected chi connectivity index (χ0v) is 7.90. The zero-order valence-electron chi connectivity index (χ0n) is 7.90. The topological polar surface area (TPSA) is 20.2 Å². The van der Waals surface area contributed by atoms with E-state index in [0.717, 1.165) is 16.5 Å². The van der Waals surface area contributed by atoms with Crippen LogP contribution in [0.2, 0.25) is 0 Å². The lowest BCUT2D eigenvalue weighted by atomic mass is 10.00. The molecule has 0 fully saturated rings. The van der Waals surface area contributed by atoms with Crippen molar-refractivity contribution in [1.82, 2.24) is 0 Å². The van der Waals surface area contributed by atoms with E-state index in [1.165, 1.54) is 5.39 Å². The Morgan fingerprint density at radius 3 is 2.57 bits per heavy atom. The molecule has 0 aromatic heterocycles. The van der Waals surface area contributed by atoms with Crippen LogP contribution < -0.4 is 0 Å². The summed E-state index contributed by atoms with van der Waals surface area (Å²) in [4.78, 5) is 0. The van der Waals surface area contributed by atoms with Crippen molar-refractivity contribution in [2.75, 3.05) is 6.61 Å². The average molecular weight is 184 g/mol. The van der Waals surface area contributed by atoms with Crippen LogP contribution >= 0.6 is 0 Å². The molecule has 0 bridgehead atoms. The van der Waals surface area contributed by atoms with E-state index in [1.807, 2.05) is 30.3 Å². The molecule has 0 saturated heterocycles. The van der Waals surface area contributed by atoms with E-state index in [0.29, 0.717) is 0 Å². The van der Waals surface area contributed by atoms with E-state index < -0.39 is 0 Å². The standard InChI is InChI=1S/C13H12O/c1-10(9-14)12-8-4-6-11-5-2-3-7-13(11)12/h2-8,14H,1,9H2. The van der Waals surface area contributed by atoms with Gasteiger partial charge in [-0.15, -0.1) is 0 Å². The van der Waals surface area contributed by atoms with Crippen molar-refractivity contribution in [3.8, 4) is 0 Å². The molecule has 0 unspecified atom stereocenters. The third-order valence-corrected chi connectivity index (χ3v) is 2.36. The van der Waals surface area contributed by atoms with Crippen molar-refractivity contribution in [2.24, 2.45) is 0 Å². The highest BCUT2D eigenvalue weighted by molar-refractivity contribution is 5.93. The van der Waals surface area contributed by atoms with Crippen molar-refractivity contribution in [2.45, 2.75) is 0 Å². The van der Waals surface area contributed by atoms with E-state index >= 15 is 0 Å². The normalized spacial score (nSPS) is 10.4. The molecule has 0 spiro atoms. The van der Waals surface area contributed by atoms with Crippen LogP contribution in [0.1, 0.15) is 5.56 Å². The van der Waals surface area contributed by atoms with Gasteiger partial charge in [-0.05, 0) is 21.9 Å². The molecule has 0 atom stereocenters. The first-order valence-corrected chi connectivity index (χ1v) is 4.59. The quantitative estimate of drug-likeness (QED) is 0.760. The van der Waals surface area contributed by atoms with Gasteiger partial charge < -0.3 is 5.11 Å². The van der Waals surface area contributed by atoms with E-state index in [-0.39, 0.29) is 6.61 Å². The van der Waals surface area contributed by atoms with Crippen molar-refractivity contribution >= 4 is 16.3 Å². The Labute approximate surface area is 83.3 Å². The molecule has 2 rings (SSSR count). The van der Waals surface area contributed by atoms with E-state index in [9.17, 15) is 0 Å². The third kappa shape index (κ3) is 1.42. The van der Waals surface area contributed by atoms with Crippen LogP contribution in [-0.2, 0) is 0 Å². The first-order valence-electron chi connectivity index (χ1n) is 4.59. The Balaban J connectivity index is 2.71. The number of fused-ring (bicyclic) bond motifs is 1. The van der Waals surface area contributed by atoms with E-state index in [2.05, 4.69) is 18.7 Å². The summed E-state index contributed by atoms with van der Waals surface area (Å²) in [5.74, 6) is 0. The van der Waals surface area contributed by atoms with Gasteiger partial charge in [-0.25, -0.2) is 0 Å². The largest absolute Gasteiger partial charge is 0.392 e. The minimum Gasteiger partial charge on any atom is -0.392 e. The molecule has 14 heavy (non-hydrogen) atoms. The van der Waals surface area contributed by atoms with Crippen molar-refractivity contribution in [3.63, 3.8) is 0 Å². The van der Waals surface area contributed by atoms with Gasteiger partial charge in [0.05, 0.1) is 6.61 Å². The minimum absolute atomic E-state index is 0.00794. The lowest BCUT2D eigenvalue weighted by Gasteiger charge is -2.06. The second kappa shape index (κ2) is 3.64. The summed E-state index contributed by atoms with van der Waals surface area (Å²) >= 11 is 0. The van der Waals surface area contributed by atoms with Gasteiger partial charge >= 0.3 is 0 Å². The Bertz CT molecular complexity index is 466. The van der Waals surface area contributed by atoms with Gasteiger partial charge in [0.15, 0.2) is 0 Å². The Kier molecular flexibility index (Phi) is 2.33. The molecule has 0 aliphatic rings. The smallest absolute Gasteiger partial charge is 0.0682 e. The Hall–Kier alpha value is -1.60. The van der Waals surface area contributed by atoms with Gasteiger partial charge in [0, 0.05) is 0 Å². The van der Waals surface area contributed by atoms with Crippen LogP contribution in [0.25, 0.3) is 16.3 Å². The summed E-state index contributed by atoms with van der Waals surface area (Å²) < 4.78 is 0. The first-order chi connectivity index (χ1) is 6.83. The van der Waals surface area contributed by atoms with Crippen LogP contribution in [0.15, 0.2) is 49.0 Å². The second-order valence-corrected chi connectivity index (χ2v) is 3.29. The van der Waals surface area contributed by atoms with Gasteiger partial charge in [-0.1, -0.05) is 49.0 Å². The summed E-state index contributed by atoms with van der Waals surface area (Å²) in [5, 5.41) is 11.4. The molecule has 0 aliphatic heterocycles. The van der Waals surface area contributed by atoms with Crippen LogP contribution in [0.4, 0.5) is 0 Å². The van der Waals surface area contributed by atoms with Crippen LogP contribution in [0.5, 0.6) is 0 Å². The summed E-state index contributed by atoms with van der Waals surface area (Å²) in [5.41, 5.74) is 1.80. The van der Waals surface area contributed by atoms with Gasteiger partial charge in [-0.3, -0.25) is 0 Å². The van der Waals surface area contributed by atoms with Gasteiger partial charge in [-0.2, -0.15) is 0 Å². The molecule has 1 heteroatoms. The molecular formula is C13H12O. The van der Waals surface area contributed by atoms with Gasteiger partial charge in [0.2, 0.25) is 0 Å². The van der Waals surface area contributed by atoms with E-state index in [1.54, 1.807) is 0 Å². The fourth-order valence-electron chi connectivity index (χ4n) is 1.62. The lowest BCUT2D eigenvalue weighted by molar-refractivity contribution is 0.350. The second-order valence-electron chi connectivity index (χ2n) is 3.29. The molecule has 2 aromatic rings. The first kappa shape index (κ1) is 8.97. The zero-order chi connectivity index (χ0) is 9.97. The monoisotopic (exact) mass is 184 g/mol. The fraction of sp³-hybridized carbons (Fsp3) is 0.0769. The maximum Gasteiger partial charge on any atom is 0.0682 e. The SMILES string of the molecule is C=C(CO)c1cccc2ccccc12. The average Bonchev–Trinajstić information content (AvgIpc) is 2.27. The van der Waals surface area contributed by atoms with Gasteiger partial charge in [0.1, 0.15) is 0 Å². The van der Waals surface area contributed by atoms with Crippen molar-refractivity contribution < 1.29 is 5.11 Å². The van der Waals surface area contributed by atoms with Crippen molar-refractivity contribution in [1.29, 1.82) is 0 Å². The Morgan fingerprint density at radius 1 is 1.07 bits per heavy atom. The molecule has 2 aromatic carbocycles. The molecule has 70 valence electrons. The third-order valence-electron chi connectivity index (χ3n) is 2.36. The minimum atomic E-state index is 0.00794. The number of rotatable bonds is 2. The number of hydrogen-bond acceptors (Lipinski definition) is 1. The summed E-state index contributed by atoms with van der Waals surface area (Å²) in [6.07, 6.45) is 0. The summed E-state index contributed by atoms with van der Waals surface area (Å²) in [6, 6.07) is 14.1. The van der Waals surface area contributed by atoms with Crippen LogP contribution in [0, 0.1) is 0 Å². The van der Waals surface area contributed by atoms with E-state index in [4.69, 9.17) is 5.11 Å². The highest BCUT2D eigenvalue weighted by Gasteiger charge is 2.01. The molecule has 1 nitrogen and oxygen atoms in total. The Morgan fingerprint density at radius 2 is 1.79 bits per heavy atom. The summed E-state index contributed by atoms with van der Waals surface area (Å²) in [6.45, 7) is 3.85. The van der Waals surface area contributed by atoms with Crippen LogP contribution in [0.3, 0.4) is 0 Å². The highest BCUT2D eigenvalue weighted by atomic mass is 16.3. The summed E-state index contributed by atoms with van der Waals surface area (Å²) in [7, 11) is 0. The number of benzene rings is 2. The molecule has 0 saturated carbocycles. The number of hydrogen-bond donors (Lipinski definition) is 1. The fourth-order valence-corrected chi connectivity index (χ4v) is 1.62. The highest BCUT2D eigenvalue weighted by Crippen LogP contribution is 2.23. The predicted octanol–water partition coefficient (Wildman–Crippen LogP) is 2.85. The lowest BCUT2D eigenvalue weighted by Crippen LogP contribution is -1.89. The molecule has 0 amide bonds. The molecule has 0 aliphatic carbocycles. The number of aliphatic hydroxyl groups excluding tert-OH is 1. The maximum atomic E-state index is 9.05.